The van der Waals surface area contributed by atoms with Crippen LogP contribution in [-0.2, 0) is 19.5 Å². The molecule has 5 nitrogen and oxygen atoms in total. The van der Waals surface area contributed by atoms with Crippen LogP contribution >= 0.6 is 0 Å². The Morgan fingerprint density at radius 2 is 2.24 bits per heavy atom. The van der Waals surface area contributed by atoms with Gasteiger partial charge in [-0.3, -0.25) is 4.98 Å². The Kier molecular flexibility index (Phi) is 2.83. The molecule has 2 aromatic heterocycles. The number of nitrogens with zero attached hydrogens (tertiary/aromatic N) is 4. The second-order valence-corrected chi connectivity index (χ2v) is 4.33. The highest BCUT2D eigenvalue weighted by Crippen LogP contribution is 2.11. The Morgan fingerprint density at radius 3 is 3.12 bits per heavy atom. The molecule has 0 radical (unpaired) electrons. The van der Waals surface area contributed by atoms with Gasteiger partial charge in [0.15, 0.2) is 0 Å². The molecule has 0 amide bonds. The van der Waals surface area contributed by atoms with Crippen LogP contribution in [0.1, 0.15) is 17.8 Å². The van der Waals surface area contributed by atoms with Gasteiger partial charge in [-0.2, -0.15) is 5.10 Å². The minimum absolute atomic E-state index is 0.484. The van der Waals surface area contributed by atoms with Crippen LogP contribution in [0.2, 0.25) is 0 Å². The van der Waals surface area contributed by atoms with Crippen LogP contribution in [0.4, 0.5) is 0 Å². The van der Waals surface area contributed by atoms with E-state index in [4.69, 9.17) is 0 Å². The van der Waals surface area contributed by atoms with Crippen molar-refractivity contribution in [3.05, 3.63) is 42.2 Å². The van der Waals surface area contributed by atoms with Gasteiger partial charge in [0.1, 0.15) is 12.2 Å². The van der Waals surface area contributed by atoms with E-state index in [9.17, 15) is 0 Å². The zero-order chi connectivity index (χ0) is 11.5. The highest BCUT2D eigenvalue weighted by atomic mass is 15.3. The summed E-state index contributed by atoms with van der Waals surface area (Å²) in [6.45, 7) is 1.80. The lowest BCUT2D eigenvalue weighted by atomic mass is 10.1. The summed E-state index contributed by atoms with van der Waals surface area (Å²) >= 11 is 0. The fourth-order valence-electron chi connectivity index (χ4n) is 2.17. The number of hydrogen-bond acceptors (Lipinski definition) is 4. The Hall–Kier alpha value is -1.75. The molecule has 88 valence electrons. The van der Waals surface area contributed by atoms with Gasteiger partial charge in [-0.1, -0.05) is 0 Å². The molecule has 1 aliphatic rings. The van der Waals surface area contributed by atoms with E-state index >= 15 is 0 Å². The van der Waals surface area contributed by atoms with Crippen molar-refractivity contribution in [2.24, 2.45) is 0 Å². The van der Waals surface area contributed by atoms with Crippen LogP contribution in [-0.4, -0.2) is 25.8 Å². The molecule has 0 fully saturated rings. The van der Waals surface area contributed by atoms with Gasteiger partial charge in [0, 0.05) is 31.4 Å². The molecule has 0 bridgehead atoms. The van der Waals surface area contributed by atoms with Crippen LogP contribution in [0, 0.1) is 0 Å². The molecule has 0 unspecified atom stereocenters. The average Bonchev–Trinajstić information content (AvgIpc) is 2.85. The second kappa shape index (κ2) is 4.63. The van der Waals surface area contributed by atoms with Crippen LogP contribution in [0.3, 0.4) is 0 Å². The summed E-state index contributed by atoms with van der Waals surface area (Å²) in [6.07, 6.45) is 7.43. The van der Waals surface area contributed by atoms with Gasteiger partial charge in [0.05, 0.1) is 6.54 Å². The first-order chi connectivity index (χ1) is 8.42. The second-order valence-electron chi connectivity index (χ2n) is 4.33. The number of hydrogen-bond donors (Lipinski definition) is 1. The number of nitrogens with one attached hydrogen (secondary N) is 1. The summed E-state index contributed by atoms with van der Waals surface area (Å²) in [7, 11) is 0. The zero-order valence-electron chi connectivity index (χ0n) is 9.58. The van der Waals surface area contributed by atoms with Crippen molar-refractivity contribution in [1.82, 2.24) is 25.1 Å². The van der Waals surface area contributed by atoms with Crippen molar-refractivity contribution in [3.63, 3.8) is 0 Å². The van der Waals surface area contributed by atoms with E-state index in [1.165, 1.54) is 5.56 Å². The van der Waals surface area contributed by atoms with E-state index in [1.54, 1.807) is 6.33 Å². The van der Waals surface area contributed by atoms with E-state index < -0.39 is 0 Å². The molecule has 0 saturated carbocycles. The molecule has 1 aliphatic heterocycles. The predicted octanol–water partition coefficient (Wildman–Crippen LogP) is 0.778. The van der Waals surface area contributed by atoms with Gasteiger partial charge >= 0.3 is 0 Å². The number of pyridine rings is 1. The number of aryl methyl sites for hydroxylation is 1. The summed E-state index contributed by atoms with van der Waals surface area (Å²) in [5, 5.41) is 7.77. The molecule has 5 heteroatoms. The third-order valence-corrected chi connectivity index (χ3v) is 3.15. The molecule has 17 heavy (non-hydrogen) atoms. The molecule has 0 aliphatic carbocycles. The van der Waals surface area contributed by atoms with Crippen molar-refractivity contribution in [2.75, 3.05) is 0 Å². The van der Waals surface area contributed by atoms with Gasteiger partial charge < -0.3 is 5.32 Å². The van der Waals surface area contributed by atoms with E-state index in [2.05, 4.69) is 20.4 Å². The Bertz CT molecular complexity index is 479. The van der Waals surface area contributed by atoms with E-state index in [0.717, 1.165) is 31.8 Å². The van der Waals surface area contributed by atoms with Crippen molar-refractivity contribution in [1.29, 1.82) is 0 Å². The molecule has 3 rings (SSSR count). The minimum Gasteiger partial charge on any atom is -0.308 e. The predicted molar refractivity (Wildman–Crippen MR) is 63.2 cm³/mol. The summed E-state index contributed by atoms with van der Waals surface area (Å²) in [5.74, 6) is 1.10. The minimum atomic E-state index is 0.484. The summed E-state index contributed by atoms with van der Waals surface area (Å²) in [5.41, 5.74) is 1.27. The van der Waals surface area contributed by atoms with Crippen LogP contribution < -0.4 is 5.32 Å². The normalized spacial score (nSPS) is 18.9. The third-order valence-electron chi connectivity index (χ3n) is 3.15. The van der Waals surface area contributed by atoms with Gasteiger partial charge in [-0.25, -0.2) is 9.67 Å². The first kappa shape index (κ1) is 10.4. The summed E-state index contributed by atoms with van der Waals surface area (Å²) in [4.78, 5) is 8.24. The highest BCUT2D eigenvalue weighted by molar-refractivity contribution is 5.09. The summed E-state index contributed by atoms with van der Waals surface area (Å²) < 4.78 is 1.99. The lowest BCUT2D eigenvalue weighted by Crippen LogP contribution is -2.37. The van der Waals surface area contributed by atoms with Gasteiger partial charge in [0.2, 0.25) is 0 Å². The lowest BCUT2D eigenvalue weighted by Gasteiger charge is -2.23. The Morgan fingerprint density at radius 1 is 1.35 bits per heavy atom. The fraction of sp³-hybridized carbons (Fsp3) is 0.417. The van der Waals surface area contributed by atoms with Gasteiger partial charge in [0.25, 0.3) is 0 Å². The Balaban J connectivity index is 1.58. The molecule has 1 N–H and O–H groups in total. The number of rotatable bonds is 3. The number of fused-ring (bicyclic) bond motifs is 1. The maximum atomic E-state index is 4.23. The van der Waals surface area contributed by atoms with Gasteiger partial charge in [-0.05, 0) is 24.1 Å². The topological polar surface area (TPSA) is 55.6 Å². The third kappa shape index (κ3) is 2.34. The zero-order valence-corrected chi connectivity index (χ0v) is 9.58. The molecule has 3 heterocycles. The van der Waals surface area contributed by atoms with Crippen LogP contribution in [0.25, 0.3) is 0 Å². The van der Waals surface area contributed by atoms with Crippen molar-refractivity contribution >= 4 is 0 Å². The molecule has 0 aromatic carbocycles. The van der Waals surface area contributed by atoms with Crippen molar-refractivity contribution in [3.8, 4) is 0 Å². The van der Waals surface area contributed by atoms with E-state index in [-0.39, 0.29) is 0 Å². The first-order valence-corrected chi connectivity index (χ1v) is 5.91. The first-order valence-electron chi connectivity index (χ1n) is 5.91. The summed E-state index contributed by atoms with van der Waals surface area (Å²) in [6, 6.07) is 4.56. The maximum absolute atomic E-state index is 4.23. The fourth-order valence-corrected chi connectivity index (χ4v) is 2.17. The van der Waals surface area contributed by atoms with Crippen LogP contribution in [0.5, 0.6) is 0 Å². The molecule has 0 spiro atoms. The molecule has 2 aromatic rings. The quantitative estimate of drug-likeness (QED) is 0.845. The van der Waals surface area contributed by atoms with Crippen LogP contribution in [0.15, 0.2) is 30.9 Å². The molecular weight excluding hydrogens is 214 g/mol. The molecular formula is C12H15N5. The van der Waals surface area contributed by atoms with Gasteiger partial charge in [-0.15, -0.1) is 0 Å². The van der Waals surface area contributed by atoms with Crippen molar-refractivity contribution < 1.29 is 0 Å². The smallest absolute Gasteiger partial charge is 0.138 e. The SMILES string of the molecule is c1cc(CN[C@H]2CCc3ncnn3C2)ccn1. The maximum Gasteiger partial charge on any atom is 0.138 e. The molecule has 0 saturated heterocycles. The average molecular weight is 229 g/mol. The van der Waals surface area contributed by atoms with E-state index in [0.29, 0.717) is 6.04 Å². The molecule has 1 atom stereocenters. The highest BCUT2D eigenvalue weighted by Gasteiger charge is 2.18. The Labute approximate surface area is 99.9 Å². The van der Waals surface area contributed by atoms with Crippen molar-refractivity contribution in [2.45, 2.75) is 32.0 Å². The largest absolute Gasteiger partial charge is 0.308 e. The van der Waals surface area contributed by atoms with E-state index in [1.807, 2.05) is 29.2 Å². The monoisotopic (exact) mass is 229 g/mol. The lowest BCUT2D eigenvalue weighted by molar-refractivity contribution is 0.358. The standard InChI is InChI=1S/C12H15N5/c1-2-12-15-9-16-17(12)8-11(1)14-7-10-3-5-13-6-4-10/h3-6,9,11,14H,1-2,7-8H2/t11-/m0/s1. The number of aromatic nitrogens is 4.